The van der Waals surface area contributed by atoms with Crippen molar-refractivity contribution in [2.75, 3.05) is 0 Å². The highest BCUT2D eigenvalue weighted by molar-refractivity contribution is 5.75. The number of carbonyl (C=O) groups is 1. The van der Waals surface area contributed by atoms with Crippen LogP contribution in [-0.2, 0) is 17.8 Å². The molecule has 1 atom stereocenters. The Morgan fingerprint density at radius 1 is 1.33 bits per heavy atom. The Balaban J connectivity index is 1.99. The zero-order valence-electron chi connectivity index (χ0n) is 12.1. The largest absolute Gasteiger partial charge is 0.480 e. The van der Waals surface area contributed by atoms with Crippen LogP contribution in [0.1, 0.15) is 37.2 Å². The standard InChI is InChI=1S/C15H19N3O3/c1-10(2)8-12-17-13(21-18-12)9-16-14(15(19)20)11-6-4-3-5-7-11/h3-7,10,14,16H,8-9H2,1-2H3,(H,19,20). The first-order valence-electron chi connectivity index (χ1n) is 6.89. The summed E-state index contributed by atoms with van der Waals surface area (Å²) in [6, 6.07) is 8.19. The highest BCUT2D eigenvalue weighted by atomic mass is 16.5. The van der Waals surface area contributed by atoms with Gasteiger partial charge in [0.1, 0.15) is 6.04 Å². The molecule has 1 aromatic heterocycles. The van der Waals surface area contributed by atoms with Crippen molar-refractivity contribution >= 4 is 5.97 Å². The van der Waals surface area contributed by atoms with Gasteiger partial charge in [-0.25, -0.2) is 0 Å². The van der Waals surface area contributed by atoms with E-state index in [-0.39, 0.29) is 6.54 Å². The second-order valence-electron chi connectivity index (χ2n) is 5.27. The number of hydrogen-bond acceptors (Lipinski definition) is 5. The Labute approximate surface area is 123 Å². The van der Waals surface area contributed by atoms with Gasteiger partial charge in [0.25, 0.3) is 0 Å². The topological polar surface area (TPSA) is 88.2 Å². The third-order valence-corrected chi connectivity index (χ3v) is 2.94. The number of hydrogen-bond donors (Lipinski definition) is 2. The fourth-order valence-corrected chi connectivity index (χ4v) is 1.99. The van der Waals surface area contributed by atoms with Crippen LogP contribution in [-0.4, -0.2) is 21.2 Å². The lowest BCUT2D eigenvalue weighted by Gasteiger charge is -2.13. The number of aliphatic carboxylic acids is 1. The van der Waals surface area contributed by atoms with Crippen LogP contribution in [0.2, 0.25) is 0 Å². The molecular weight excluding hydrogens is 270 g/mol. The van der Waals surface area contributed by atoms with E-state index in [0.717, 1.165) is 6.42 Å². The molecule has 0 radical (unpaired) electrons. The van der Waals surface area contributed by atoms with Gasteiger partial charge in [0.05, 0.1) is 6.54 Å². The Morgan fingerprint density at radius 3 is 2.67 bits per heavy atom. The van der Waals surface area contributed by atoms with E-state index in [2.05, 4.69) is 29.3 Å². The van der Waals surface area contributed by atoms with Crippen molar-refractivity contribution in [1.29, 1.82) is 0 Å². The summed E-state index contributed by atoms with van der Waals surface area (Å²) in [7, 11) is 0. The van der Waals surface area contributed by atoms with Gasteiger partial charge in [-0.15, -0.1) is 0 Å². The minimum Gasteiger partial charge on any atom is -0.480 e. The van der Waals surface area contributed by atoms with Crippen LogP contribution in [0.3, 0.4) is 0 Å². The summed E-state index contributed by atoms with van der Waals surface area (Å²) in [6.45, 7) is 4.37. The van der Waals surface area contributed by atoms with Crippen LogP contribution in [0, 0.1) is 5.92 Å². The van der Waals surface area contributed by atoms with E-state index in [0.29, 0.717) is 23.2 Å². The first-order valence-corrected chi connectivity index (χ1v) is 6.89. The number of rotatable bonds is 7. The van der Waals surface area contributed by atoms with Gasteiger partial charge in [0.15, 0.2) is 5.82 Å². The van der Waals surface area contributed by atoms with Gasteiger partial charge < -0.3 is 9.63 Å². The average molecular weight is 289 g/mol. The molecule has 6 nitrogen and oxygen atoms in total. The Bertz CT molecular complexity index is 581. The van der Waals surface area contributed by atoms with Crippen molar-refractivity contribution in [1.82, 2.24) is 15.5 Å². The van der Waals surface area contributed by atoms with Crippen LogP contribution in [0.25, 0.3) is 0 Å². The van der Waals surface area contributed by atoms with Crippen molar-refractivity contribution in [3.05, 3.63) is 47.6 Å². The quantitative estimate of drug-likeness (QED) is 0.812. The maximum Gasteiger partial charge on any atom is 0.325 e. The molecule has 0 bridgehead atoms. The Hall–Kier alpha value is -2.21. The molecular formula is C15H19N3O3. The predicted molar refractivity (Wildman–Crippen MR) is 76.5 cm³/mol. The molecule has 6 heteroatoms. The van der Waals surface area contributed by atoms with Gasteiger partial charge in [-0.1, -0.05) is 49.3 Å². The number of carboxylic acid groups (broad SMARTS) is 1. The molecule has 0 saturated heterocycles. The first kappa shape index (κ1) is 15.2. The molecule has 0 fully saturated rings. The van der Waals surface area contributed by atoms with Crippen LogP contribution in [0.15, 0.2) is 34.9 Å². The summed E-state index contributed by atoms with van der Waals surface area (Å²) in [5, 5.41) is 16.1. The van der Waals surface area contributed by atoms with E-state index in [4.69, 9.17) is 4.52 Å². The lowest BCUT2D eigenvalue weighted by molar-refractivity contribution is -0.139. The summed E-state index contributed by atoms with van der Waals surface area (Å²) in [5.41, 5.74) is 0.687. The molecule has 2 N–H and O–H groups in total. The molecule has 1 heterocycles. The van der Waals surface area contributed by atoms with Crippen LogP contribution in [0.5, 0.6) is 0 Å². The number of aromatic nitrogens is 2. The van der Waals surface area contributed by atoms with Gasteiger partial charge in [-0.3, -0.25) is 10.1 Å². The highest BCUT2D eigenvalue weighted by Gasteiger charge is 2.20. The zero-order chi connectivity index (χ0) is 15.2. The summed E-state index contributed by atoms with van der Waals surface area (Å²) in [5.74, 6) is 0.545. The van der Waals surface area contributed by atoms with E-state index in [1.54, 1.807) is 24.3 Å². The molecule has 0 saturated carbocycles. The van der Waals surface area contributed by atoms with E-state index >= 15 is 0 Å². The van der Waals surface area contributed by atoms with E-state index in [1.165, 1.54) is 0 Å². The molecule has 0 aliphatic rings. The normalized spacial score (nSPS) is 12.5. The average Bonchev–Trinajstić information content (AvgIpc) is 2.86. The van der Waals surface area contributed by atoms with Gasteiger partial charge in [-0.05, 0) is 11.5 Å². The maximum absolute atomic E-state index is 11.3. The zero-order valence-corrected chi connectivity index (χ0v) is 12.1. The van der Waals surface area contributed by atoms with Crippen molar-refractivity contribution < 1.29 is 14.4 Å². The van der Waals surface area contributed by atoms with Crippen molar-refractivity contribution in [3.8, 4) is 0 Å². The molecule has 0 spiro atoms. The van der Waals surface area contributed by atoms with E-state index in [9.17, 15) is 9.90 Å². The van der Waals surface area contributed by atoms with Gasteiger partial charge >= 0.3 is 5.97 Å². The SMILES string of the molecule is CC(C)Cc1noc(CNC(C(=O)O)c2ccccc2)n1. The molecule has 0 aliphatic heterocycles. The monoisotopic (exact) mass is 289 g/mol. The molecule has 1 unspecified atom stereocenters. The van der Waals surface area contributed by atoms with Crippen LogP contribution < -0.4 is 5.32 Å². The fraction of sp³-hybridized carbons (Fsp3) is 0.400. The number of carboxylic acids is 1. The molecule has 112 valence electrons. The minimum atomic E-state index is -0.942. The van der Waals surface area contributed by atoms with Crippen LogP contribution in [0.4, 0.5) is 0 Å². The van der Waals surface area contributed by atoms with Crippen molar-refractivity contribution in [3.63, 3.8) is 0 Å². The summed E-state index contributed by atoms with van der Waals surface area (Å²) < 4.78 is 5.12. The minimum absolute atomic E-state index is 0.219. The molecule has 0 aliphatic carbocycles. The third-order valence-electron chi connectivity index (χ3n) is 2.94. The summed E-state index contributed by atoms with van der Waals surface area (Å²) in [4.78, 5) is 15.6. The lowest BCUT2D eigenvalue weighted by atomic mass is 10.1. The first-order chi connectivity index (χ1) is 10.1. The number of benzene rings is 1. The Morgan fingerprint density at radius 2 is 2.05 bits per heavy atom. The molecule has 2 rings (SSSR count). The van der Waals surface area contributed by atoms with Gasteiger partial charge in [0, 0.05) is 6.42 Å². The molecule has 1 aromatic carbocycles. The lowest BCUT2D eigenvalue weighted by Crippen LogP contribution is -2.28. The molecule has 2 aromatic rings. The number of nitrogens with zero attached hydrogens (tertiary/aromatic N) is 2. The molecule has 21 heavy (non-hydrogen) atoms. The predicted octanol–water partition coefficient (Wildman–Crippen LogP) is 2.18. The molecule has 0 amide bonds. The van der Waals surface area contributed by atoms with Gasteiger partial charge in [-0.2, -0.15) is 4.98 Å². The van der Waals surface area contributed by atoms with Gasteiger partial charge in [0.2, 0.25) is 5.89 Å². The second kappa shape index (κ2) is 6.99. The maximum atomic E-state index is 11.3. The van der Waals surface area contributed by atoms with E-state index < -0.39 is 12.0 Å². The Kier molecular flexibility index (Phi) is 5.05. The van der Waals surface area contributed by atoms with E-state index in [1.807, 2.05) is 6.07 Å². The summed E-state index contributed by atoms with van der Waals surface area (Å²) >= 11 is 0. The fourth-order valence-electron chi connectivity index (χ4n) is 1.99. The van der Waals surface area contributed by atoms with Crippen LogP contribution >= 0.6 is 0 Å². The highest BCUT2D eigenvalue weighted by Crippen LogP contribution is 2.13. The third kappa shape index (κ3) is 4.39. The second-order valence-corrected chi connectivity index (χ2v) is 5.27. The van der Waals surface area contributed by atoms with Crippen molar-refractivity contribution in [2.24, 2.45) is 5.92 Å². The summed E-state index contributed by atoms with van der Waals surface area (Å²) in [6.07, 6.45) is 0.741. The van der Waals surface area contributed by atoms with Crippen molar-refractivity contribution in [2.45, 2.75) is 32.9 Å². The number of nitrogens with one attached hydrogen (secondary N) is 1. The smallest absolute Gasteiger partial charge is 0.325 e.